The summed E-state index contributed by atoms with van der Waals surface area (Å²) in [4.78, 5) is 62.2. The molecule has 1 aliphatic heterocycles. The fraction of sp³-hybridized carbons (Fsp3) is 0.360. The number of nitrogens with zero attached hydrogens (tertiary/aromatic N) is 2. The quantitative estimate of drug-likeness (QED) is 0.289. The van der Waals surface area contributed by atoms with Crippen LogP contribution in [0.5, 0.6) is 0 Å². The van der Waals surface area contributed by atoms with E-state index in [9.17, 15) is 29.3 Å². The van der Waals surface area contributed by atoms with Crippen LogP contribution in [0.3, 0.4) is 0 Å². The molecule has 1 saturated heterocycles. The van der Waals surface area contributed by atoms with E-state index in [0.29, 0.717) is 30.0 Å². The molecule has 1 saturated carbocycles. The van der Waals surface area contributed by atoms with Gasteiger partial charge in [0.25, 0.3) is 11.6 Å². The van der Waals surface area contributed by atoms with E-state index in [-0.39, 0.29) is 40.6 Å². The third-order valence-corrected chi connectivity index (χ3v) is 6.55. The molecule has 2 fully saturated rings. The molecule has 182 valence electrons. The Hall–Kier alpha value is -4.08. The first-order valence-electron chi connectivity index (χ1n) is 11.4. The number of hydrogen-bond acceptors (Lipinski definition) is 7. The van der Waals surface area contributed by atoms with Gasteiger partial charge in [-0.15, -0.1) is 0 Å². The summed E-state index contributed by atoms with van der Waals surface area (Å²) in [5, 5.41) is 13.5. The van der Waals surface area contributed by atoms with Gasteiger partial charge in [-0.2, -0.15) is 0 Å². The molecule has 3 atom stereocenters. The Kier molecular flexibility index (Phi) is 6.63. The van der Waals surface area contributed by atoms with Crippen LogP contribution >= 0.6 is 0 Å². The lowest BCUT2D eigenvalue weighted by Gasteiger charge is -2.25. The Morgan fingerprint density at radius 1 is 1.11 bits per heavy atom. The van der Waals surface area contributed by atoms with Gasteiger partial charge in [0, 0.05) is 17.3 Å². The monoisotopic (exact) mass is 479 g/mol. The van der Waals surface area contributed by atoms with Crippen molar-refractivity contribution in [1.82, 2.24) is 0 Å². The third kappa shape index (κ3) is 4.91. The molecule has 1 heterocycles. The summed E-state index contributed by atoms with van der Waals surface area (Å²) in [5.74, 6) is -2.24. The fourth-order valence-corrected chi connectivity index (χ4v) is 4.71. The van der Waals surface area contributed by atoms with E-state index in [1.165, 1.54) is 30.3 Å². The molecular formula is C25H25N3O7. The number of amides is 3. The second-order valence-electron chi connectivity index (χ2n) is 9.08. The molecule has 0 unspecified atom stereocenters. The van der Waals surface area contributed by atoms with Crippen molar-refractivity contribution in [1.29, 1.82) is 0 Å². The summed E-state index contributed by atoms with van der Waals surface area (Å²) in [6, 6.07) is 10.2. The number of nitro benzene ring substituents is 1. The molecular weight excluding hydrogens is 454 g/mol. The number of rotatable bonds is 6. The number of nitro groups is 1. The highest BCUT2D eigenvalue weighted by atomic mass is 16.6. The first kappa shape index (κ1) is 24.1. The molecule has 3 amide bonds. The van der Waals surface area contributed by atoms with Crippen molar-refractivity contribution in [2.24, 2.45) is 17.8 Å². The fourth-order valence-electron chi connectivity index (χ4n) is 4.71. The third-order valence-electron chi connectivity index (χ3n) is 6.55. The number of fused-ring (bicyclic) bond motifs is 1. The van der Waals surface area contributed by atoms with Crippen molar-refractivity contribution < 1.29 is 28.8 Å². The number of nitrogens with one attached hydrogen (secondary N) is 1. The van der Waals surface area contributed by atoms with Crippen LogP contribution in [-0.4, -0.2) is 35.2 Å². The van der Waals surface area contributed by atoms with Crippen LogP contribution in [-0.2, 0) is 19.1 Å². The number of anilines is 2. The lowest BCUT2D eigenvalue weighted by Crippen LogP contribution is -2.31. The van der Waals surface area contributed by atoms with E-state index >= 15 is 0 Å². The lowest BCUT2D eigenvalue weighted by atomic mass is 9.76. The van der Waals surface area contributed by atoms with Crippen LogP contribution in [0.25, 0.3) is 0 Å². The van der Waals surface area contributed by atoms with Crippen LogP contribution in [0.2, 0.25) is 0 Å². The predicted molar refractivity (Wildman–Crippen MR) is 126 cm³/mol. The standard InChI is InChI=1S/C25H25N3O7/c1-14-6-9-19-20(10-14)24(31)27(23(19)30)18-5-3-4-16(11-18)25(32)35-13-22(29)26-17-8-7-15(2)21(12-17)28(33)34/h3-5,7-8,11-12,14,19-20H,6,9-10,13H2,1-2H3,(H,26,29)/t14-,19+,20-/m0/s1. The molecule has 10 nitrogen and oxygen atoms in total. The molecule has 0 spiro atoms. The van der Waals surface area contributed by atoms with Crippen LogP contribution in [0, 0.1) is 34.8 Å². The van der Waals surface area contributed by atoms with Gasteiger partial charge >= 0.3 is 5.97 Å². The highest BCUT2D eigenvalue weighted by Gasteiger charge is 2.50. The van der Waals surface area contributed by atoms with E-state index in [0.717, 1.165) is 11.3 Å². The smallest absolute Gasteiger partial charge is 0.338 e. The number of imide groups is 1. The average molecular weight is 479 g/mol. The van der Waals surface area contributed by atoms with Crippen LogP contribution in [0.4, 0.5) is 17.1 Å². The number of aryl methyl sites for hydroxylation is 1. The summed E-state index contributed by atoms with van der Waals surface area (Å²) in [5.41, 5.74) is 0.894. The molecule has 2 aromatic carbocycles. The summed E-state index contributed by atoms with van der Waals surface area (Å²) in [6.45, 7) is 3.04. The van der Waals surface area contributed by atoms with Gasteiger partial charge in [0.2, 0.25) is 11.8 Å². The second-order valence-corrected chi connectivity index (χ2v) is 9.08. The highest BCUT2D eigenvalue weighted by molar-refractivity contribution is 6.22. The number of ether oxygens (including phenoxy) is 1. The van der Waals surface area contributed by atoms with Gasteiger partial charge in [-0.3, -0.25) is 29.4 Å². The number of carbonyl (C=O) groups excluding carboxylic acids is 4. The minimum atomic E-state index is -0.804. The van der Waals surface area contributed by atoms with Gasteiger partial charge in [-0.1, -0.05) is 19.1 Å². The second kappa shape index (κ2) is 9.65. The molecule has 35 heavy (non-hydrogen) atoms. The van der Waals surface area contributed by atoms with Gasteiger partial charge < -0.3 is 10.1 Å². The van der Waals surface area contributed by atoms with Crippen molar-refractivity contribution in [2.75, 3.05) is 16.8 Å². The average Bonchev–Trinajstić information content (AvgIpc) is 3.07. The Morgan fingerprint density at radius 3 is 2.60 bits per heavy atom. The maximum Gasteiger partial charge on any atom is 0.338 e. The van der Waals surface area contributed by atoms with E-state index < -0.39 is 23.4 Å². The molecule has 2 aromatic rings. The van der Waals surface area contributed by atoms with Gasteiger partial charge in [0.1, 0.15) is 0 Å². The molecule has 2 aliphatic rings. The number of esters is 1. The number of carbonyl (C=O) groups is 4. The van der Waals surface area contributed by atoms with Crippen molar-refractivity contribution in [3.05, 3.63) is 63.7 Å². The maximum atomic E-state index is 12.9. The minimum absolute atomic E-state index is 0.0881. The Bertz CT molecular complexity index is 1230. The highest BCUT2D eigenvalue weighted by Crippen LogP contribution is 2.42. The topological polar surface area (TPSA) is 136 Å². The van der Waals surface area contributed by atoms with Crippen molar-refractivity contribution in [3.8, 4) is 0 Å². The zero-order valence-electron chi connectivity index (χ0n) is 19.4. The zero-order valence-corrected chi connectivity index (χ0v) is 19.4. The van der Waals surface area contributed by atoms with Crippen LogP contribution in [0.1, 0.15) is 42.1 Å². The SMILES string of the molecule is Cc1ccc(NC(=O)COC(=O)c2cccc(N3C(=O)[C@H]4C[C@@H](C)CC[C@H]4C3=O)c2)cc1[N+](=O)[O-]. The van der Waals surface area contributed by atoms with Crippen molar-refractivity contribution in [3.63, 3.8) is 0 Å². The molecule has 0 radical (unpaired) electrons. The van der Waals surface area contributed by atoms with E-state index in [2.05, 4.69) is 12.2 Å². The predicted octanol–water partition coefficient (Wildman–Crippen LogP) is 3.62. The normalized spacial score (nSPS) is 21.4. The van der Waals surface area contributed by atoms with Gasteiger partial charge in [0.15, 0.2) is 6.61 Å². The number of benzene rings is 2. The first-order valence-corrected chi connectivity index (χ1v) is 11.4. The van der Waals surface area contributed by atoms with Crippen LogP contribution < -0.4 is 10.2 Å². The first-order chi connectivity index (χ1) is 16.7. The van der Waals surface area contributed by atoms with Crippen LogP contribution in [0.15, 0.2) is 42.5 Å². The zero-order chi connectivity index (χ0) is 25.3. The van der Waals surface area contributed by atoms with Crippen molar-refractivity contribution >= 4 is 40.8 Å². The maximum absolute atomic E-state index is 12.9. The molecule has 0 bridgehead atoms. The lowest BCUT2D eigenvalue weighted by molar-refractivity contribution is -0.385. The van der Waals surface area contributed by atoms with E-state index in [1.807, 2.05) is 0 Å². The van der Waals surface area contributed by atoms with Gasteiger partial charge in [-0.25, -0.2) is 4.79 Å². The summed E-state index contributed by atoms with van der Waals surface area (Å²) in [7, 11) is 0. The van der Waals surface area contributed by atoms with E-state index in [1.54, 1.807) is 19.1 Å². The molecule has 1 aliphatic carbocycles. The molecule has 1 N–H and O–H groups in total. The Labute approximate surface area is 201 Å². The summed E-state index contributed by atoms with van der Waals surface area (Å²) >= 11 is 0. The molecule has 4 rings (SSSR count). The largest absolute Gasteiger partial charge is 0.452 e. The number of hydrogen-bond donors (Lipinski definition) is 1. The Morgan fingerprint density at radius 2 is 1.86 bits per heavy atom. The molecule has 10 heteroatoms. The van der Waals surface area contributed by atoms with Gasteiger partial charge in [0.05, 0.1) is 28.0 Å². The minimum Gasteiger partial charge on any atom is -0.452 e. The summed E-state index contributed by atoms with van der Waals surface area (Å²) in [6.07, 6.45) is 2.25. The summed E-state index contributed by atoms with van der Waals surface area (Å²) < 4.78 is 5.07. The van der Waals surface area contributed by atoms with Gasteiger partial charge in [-0.05, 0) is 56.4 Å². The molecule has 0 aromatic heterocycles. The Balaban J connectivity index is 1.40. The van der Waals surface area contributed by atoms with E-state index in [4.69, 9.17) is 4.74 Å². The van der Waals surface area contributed by atoms with Crippen molar-refractivity contribution in [2.45, 2.75) is 33.1 Å².